The van der Waals surface area contributed by atoms with Crippen molar-refractivity contribution in [2.75, 3.05) is 32.8 Å². The number of carbonyl (C=O) groups is 2. The molecule has 0 spiro atoms. The first kappa shape index (κ1) is 19.2. The first-order valence-corrected chi connectivity index (χ1v) is 8.93. The summed E-state index contributed by atoms with van der Waals surface area (Å²) in [5.74, 6) is 0.322. The predicted molar refractivity (Wildman–Crippen MR) is 94.5 cm³/mol. The number of carboxylic acids is 1. The summed E-state index contributed by atoms with van der Waals surface area (Å²) in [7, 11) is 0. The van der Waals surface area contributed by atoms with Gasteiger partial charge in [-0.1, -0.05) is 0 Å². The number of nitrogens with zero attached hydrogens (tertiary/aromatic N) is 1. The van der Waals surface area contributed by atoms with Gasteiger partial charge in [-0.25, -0.2) is 0 Å². The average molecular weight is 349 g/mol. The van der Waals surface area contributed by atoms with E-state index in [0.717, 1.165) is 13.1 Å². The molecule has 0 aromatic heterocycles. The molecule has 0 bridgehead atoms. The van der Waals surface area contributed by atoms with Gasteiger partial charge in [0, 0.05) is 19.0 Å². The minimum atomic E-state index is -0.716. The second-order valence-corrected chi connectivity index (χ2v) is 6.15. The van der Waals surface area contributed by atoms with Crippen molar-refractivity contribution in [2.45, 2.75) is 33.1 Å². The van der Waals surface area contributed by atoms with E-state index in [1.54, 1.807) is 18.2 Å². The maximum Gasteiger partial charge on any atom is 0.306 e. The highest BCUT2D eigenvalue weighted by molar-refractivity contribution is 5.99. The van der Waals surface area contributed by atoms with Crippen molar-refractivity contribution in [1.29, 1.82) is 0 Å². The van der Waals surface area contributed by atoms with Gasteiger partial charge in [0.15, 0.2) is 5.78 Å². The largest absolute Gasteiger partial charge is 0.494 e. The van der Waals surface area contributed by atoms with Gasteiger partial charge in [-0.3, -0.25) is 9.59 Å². The van der Waals surface area contributed by atoms with Crippen LogP contribution in [-0.2, 0) is 4.79 Å². The molecule has 1 N–H and O–H groups in total. The molecule has 6 heteroatoms. The predicted octanol–water partition coefficient (Wildman–Crippen LogP) is 2.85. The Hall–Kier alpha value is -2.08. The zero-order chi connectivity index (χ0) is 18.2. The van der Waals surface area contributed by atoms with Crippen molar-refractivity contribution < 1.29 is 24.2 Å². The number of likely N-dealkylation sites (tertiary alicyclic amines) is 1. The summed E-state index contributed by atoms with van der Waals surface area (Å²) in [6.07, 6.45) is 1.69. The molecule has 1 aromatic rings. The van der Waals surface area contributed by atoms with Gasteiger partial charge in [0.2, 0.25) is 0 Å². The Labute approximate surface area is 148 Å². The van der Waals surface area contributed by atoms with Gasteiger partial charge in [-0.05, 0) is 51.9 Å². The van der Waals surface area contributed by atoms with Crippen LogP contribution in [0.2, 0.25) is 0 Å². The molecule has 6 nitrogen and oxygen atoms in total. The normalized spacial score (nSPS) is 15.8. The van der Waals surface area contributed by atoms with E-state index < -0.39 is 5.97 Å². The third-order valence-electron chi connectivity index (χ3n) is 4.46. The van der Waals surface area contributed by atoms with Gasteiger partial charge in [-0.2, -0.15) is 0 Å². The van der Waals surface area contributed by atoms with E-state index >= 15 is 0 Å². The van der Waals surface area contributed by atoms with E-state index in [1.165, 1.54) is 0 Å². The number of ether oxygens (including phenoxy) is 2. The first-order chi connectivity index (χ1) is 12.0. The van der Waals surface area contributed by atoms with Gasteiger partial charge >= 0.3 is 5.97 Å². The molecule has 1 aliphatic rings. The highest BCUT2D eigenvalue weighted by Gasteiger charge is 2.25. The first-order valence-electron chi connectivity index (χ1n) is 8.93. The molecule has 0 amide bonds. The second kappa shape index (κ2) is 9.42. The van der Waals surface area contributed by atoms with Gasteiger partial charge < -0.3 is 19.5 Å². The maximum atomic E-state index is 12.6. The van der Waals surface area contributed by atoms with Crippen LogP contribution in [0.15, 0.2) is 18.2 Å². The summed E-state index contributed by atoms with van der Waals surface area (Å²) in [5.41, 5.74) is 0.575. The number of ketones is 1. The van der Waals surface area contributed by atoms with Crippen molar-refractivity contribution >= 4 is 11.8 Å². The van der Waals surface area contributed by atoms with E-state index in [4.69, 9.17) is 14.6 Å². The summed E-state index contributed by atoms with van der Waals surface area (Å²) >= 11 is 0. The Morgan fingerprint density at radius 3 is 2.44 bits per heavy atom. The van der Waals surface area contributed by atoms with Crippen molar-refractivity contribution in [1.82, 2.24) is 4.90 Å². The third-order valence-corrected chi connectivity index (χ3v) is 4.46. The fourth-order valence-corrected chi connectivity index (χ4v) is 3.06. The molecule has 1 aliphatic heterocycles. The van der Waals surface area contributed by atoms with Crippen molar-refractivity contribution in [3.05, 3.63) is 23.8 Å². The van der Waals surface area contributed by atoms with Crippen LogP contribution in [0.4, 0.5) is 0 Å². The van der Waals surface area contributed by atoms with Crippen LogP contribution in [-0.4, -0.2) is 54.6 Å². The van der Waals surface area contributed by atoms with Crippen LogP contribution in [0.1, 0.15) is 43.5 Å². The smallest absolute Gasteiger partial charge is 0.306 e. The lowest BCUT2D eigenvalue weighted by molar-refractivity contribution is -0.143. The number of benzene rings is 1. The van der Waals surface area contributed by atoms with Gasteiger partial charge in [0.1, 0.15) is 11.5 Å². The van der Waals surface area contributed by atoms with E-state index in [-0.39, 0.29) is 11.7 Å². The molecule has 1 heterocycles. The molecule has 1 fully saturated rings. The molecular formula is C19H27NO5. The summed E-state index contributed by atoms with van der Waals surface area (Å²) in [4.78, 5) is 25.7. The lowest BCUT2D eigenvalue weighted by Crippen LogP contribution is -2.37. The fourth-order valence-electron chi connectivity index (χ4n) is 3.06. The van der Waals surface area contributed by atoms with Crippen molar-refractivity contribution in [3.63, 3.8) is 0 Å². The number of aliphatic carboxylic acids is 1. The number of piperidine rings is 1. The zero-order valence-electron chi connectivity index (χ0n) is 15.0. The van der Waals surface area contributed by atoms with E-state index in [1.807, 2.05) is 13.8 Å². The quantitative estimate of drug-likeness (QED) is 0.691. The highest BCUT2D eigenvalue weighted by Crippen LogP contribution is 2.27. The Kier molecular flexibility index (Phi) is 7.25. The fraction of sp³-hybridized carbons (Fsp3) is 0.579. The minimum Gasteiger partial charge on any atom is -0.494 e. The van der Waals surface area contributed by atoms with Crippen LogP contribution in [0, 0.1) is 5.92 Å². The van der Waals surface area contributed by atoms with Gasteiger partial charge in [0.25, 0.3) is 0 Å². The molecule has 2 rings (SSSR count). The number of carbonyl (C=O) groups excluding carboxylic acids is 1. The topological polar surface area (TPSA) is 76.1 Å². The number of hydrogen-bond acceptors (Lipinski definition) is 5. The lowest BCUT2D eigenvalue weighted by Gasteiger charge is -2.29. The summed E-state index contributed by atoms with van der Waals surface area (Å²) in [5, 5.41) is 9.04. The minimum absolute atomic E-state index is 0.0341. The molecule has 1 aromatic carbocycles. The van der Waals surface area contributed by atoms with Crippen LogP contribution in [0.5, 0.6) is 11.5 Å². The molecule has 0 saturated carbocycles. The van der Waals surface area contributed by atoms with Crippen LogP contribution < -0.4 is 9.47 Å². The Bertz CT molecular complexity index is 593. The van der Waals surface area contributed by atoms with E-state index in [0.29, 0.717) is 56.1 Å². The molecule has 0 radical (unpaired) electrons. The zero-order valence-corrected chi connectivity index (χ0v) is 15.0. The monoisotopic (exact) mass is 349 g/mol. The highest BCUT2D eigenvalue weighted by atomic mass is 16.5. The Morgan fingerprint density at radius 1 is 1.16 bits per heavy atom. The van der Waals surface area contributed by atoms with Crippen molar-refractivity contribution in [3.8, 4) is 11.5 Å². The summed E-state index contributed by atoms with van der Waals surface area (Å²) in [6, 6.07) is 5.31. The average Bonchev–Trinajstić information content (AvgIpc) is 2.61. The molecule has 138 valence electrons. The molecule has 1 saturated heterocycles. The summed E-state index contributed by atoms with van der Waals surface area (Å²) in [6.45, 7) is 6.94. The Balaban J connectivity index is 1.93. The molecular weight excluding hydrogens is 322 g/mol. The van der Waals surface area contributed by atoms with Gasteiger partial charge in [-0.15, -0.1) is 0 Å². The molecule has 0 unspecified atom stereocenters. The molecule has 0 aliphatic carbocycles. The SMILES string of the molecule is CCOc1ccc(C(=O)CCN2CCC(C(=O)O)CC2)c(OCC)c1. The van der Waals surface area contributed by atoms with Gasteiger partial charge in [0.05, 0.1) is 24.7 Å². The van der Waals surface area contributed by atoms with Crippen LogP contribution >= 0.6 is 0 Å². The van der Waals surface area contributed by atoms with E-state index in [9.17, 15) is 9.59 Å². The molecule has 25 heavy (non-hydrogen) atoms. The second-order valence-electron chi connectivity index (χ2n) is 6.15. The molecule has 0 atom stereocenters. The van der Waals surface area contributed by atoms with E-state index in [2.05, 4.69) is 4.90 Å². The number of rotatable bonds is 9. The number of hydrogen-bond donors (Lipinski definition) is 1. The van der Waals surface area contributed by atoms with Crippen molar-refractivity contribution in [2.24, 2.45) is 5.92 Å². The Morgan fingerprint density at radius 2 is 1.84 bits per heavy atom. The number of carboxylic acid groups (broad SMARTS) is 1. The number of Topliss-reactive ketones (excluding diaryl/α,β-unsaturated/α-hetero) is 1. The van der Waals surface area contributed by atoms with Crippen LogP contribution in [0.3, 0.4) is 0 Å². The maximum absolute atomic E-state index is 12.6. The van der Waals surface area contributed by atoms with Crippen LogP contribution in [0.25, 0.3) is 0 Å². The summed E-state index contributed by atoms with van der Waals surface area (Å²) < 4.78 is 11.1. The standard InChI is InChI=1S/C19H27NO5/c1-3-24-15-5-6-16(18(13-15)25-4-2)17(21)9-12-20-10-7-14(8-11-20)19(22)23/h5-6,13-14H,3-4,7-12H2,1-2H3,(H,22,23). The lowest BCUT2D eigenvalue weighted by atomic mass is 9.97. The third kappa shape index (κ3) is 5.46.